The van der Waals surface area contributed by atoms with Crippen molar-refractivity contribution in [2.45, 2.75) is 51.4 Å². The summed E-state index contributed by atoms with van der Waals surface area (Å²) >= 11 is 0. The molecule has 1 aromatic rings. The van der Waals surface area contributed by atoms with E-state index in [2.05, 4.69) is 32.0 Å². The number of aryl methyl sites for hydroxylation is 2. The lowest BCUT2D eigenvalue weighted by molar-refractivity contribution is -0.138. The van der Waals surface area contributed by atoms with Gasteiger partial charge in [-0.3, -0.25) is 4.79 Å². The Balaban J connectivity index is 2.38. The van der Waals surface area contributed by atoms with Gasteiger partial charge < -0.3 is 5.11 Å². The molecule has 1 fully saturated rings. The second kappa shape index (κ2) is 4.52. The van der Waals surface area contributed by atoms with Crippen LogP contribution in [0.3, 0.4) is 0 Å². The molecule has 1 aliphatic carbocycles. The van der Waals surface area contributed by atoms with Gasteiger partial charge in [-0.1, -0.05) is 31.0 Å². The monoisotopic (exact) mass is 232 g/mol. The van der Waals surface area contributed by atoms with Gasteiger partial charge in [0.25, 0.3) is 0 Å². The first-order valence-electron chi connectivity index (χ1n) is 6.33. The molecule has 0 radical (unpaired) electrons. The van der Waals surface area contributed by atoms with Crippen LogP contribution in [0, 0.1) is 13.8 Å². The van der Waals surface area contributed by atoms with Gasteiger partial charge in [-0.15, -0.1) is 0 Å². The van der Waals surface area contributed by atoms with Gasteiger partial charge in [0.1, 0.15) is 0 Å². The Kier molecular flexibility index (Phi) is 3.23. The van der Waals surface area contributed by atoms with Crippen molar-refractivity contribution in [3.8, 4) is 0 Å². The van der Waals surface area contributed by atoms with Gasteiger partial charge in [0, 0.05) is 5.41 Å². The lowest BCUT2D eigenvalue weighted by atomic mass is 9.75. The van der Waals surface area contributed by atoms with Crippen LogP contribution in [0.4, 0.5) is 0 Å². The molecule has 0 aromatic heterocycles. The molecule has 2 heteroatoms. The topological polar surface area (TPSA) is 37.3 Å². The van der Waals surface area contributed by atoms with Crippen LogP contribution < -0.4 is 0 Å². The molecule has 17 heavy (non-hydrogen) atoms. The maximum absolute atomic E-state index is 11.1. The maximum Gasteiger partial charge on any atom is 0.304 e. The highest BCUT2D eigenvalue weighted by Gasteiger charge is 2.37. The molecule has 1 N–H and O–H groups in total. The predicted octanol–water partition coefficient (Wildman–Crippen LogP) is 3.59. The summed E-state index contributed by atoms with van der Waals surface area (Å²) in [4.78, 5) is 11.1. The van der Waals surface area contributed by atoms with Gasteiger partial charge in [-0.2, -0.15) is 0 Å². The lowest BCUT2D eigenvalue weighted by Gasteiger charge is -2.28. The molecule has 0 amide bonds. The predicted molar refractivity (Wildman–Crippen MR) is 68.3 cm³/mol. The van der Waals surface area contributed by atoms with E-state index >= 15 is 0 Å². The van der Waals surface area contributed by atoms with Crippen LogP contribution in [0.15, 0.2) is 18.2 Å². The molecule has 1 aromatic carbocycles. The minimum Gasteiger partial charge on any atom is -0.481 e. The zero-order chi connectivity index (χ0) is 12.5. The number of rotatable bonds is 3. The van der Waals surface area contributed by atoms with Gasteiger partial charge in [0.05, 0.1) is 6.42 Å². The third-order valence-electron chi connectivity index (χ3n) is 4.17. The number of hydrogen-bond acceptors (Lipinski definition) is 1. The fraction of sp³-hybridized carbons (Fsp3) is 0.533. The largest absolute Gasteiger partial charge is 0.481 e. The summed E-state index contributed by atoms with van der Waals surface area (Å²) in [6.07, 6.45) is 4.61. The van der Waals surface area contributed by atoms with Crippen molar-refractivity contribution in [2.24, 2.45) is 0 Å². The molecule has 92 valence electrons. The summed E-state index contributed by atoms with van der Waals surface area (Å²) in [5, 5.41) is 9.12. The number of carboxylic acid groups (broad SMARTS) is 1. The standard InChI is InChI=1S/C15H20O2/c1-11-5-6-13(9-12(11)2)15(10-14(16)17)7-3-4-8-15/h5-6,9H,3-4,7-8,10H2,1-2H3,(H,16,17). The number of aliphatic carboxylic acids is 1. The highest BCUT2D eigenvalue weighted by molar-refractivity contribution is 5.69. The van der Waals surface area contributed by atoms with E-state index in [1.807, 2.05) is 0 Å². The van der Waals surface area contributed by atoms with E-state index in [1.54, 1.807) is 0 Å². The summed E-state index contributed by atoms with van der Waals surface area (Å²) in [5.74, 6) is -0.676. The zero-order valence-corrected chi connectivity index (χ0v) is 10.6. The third kappa shape index (κ3) is 2.36. The first-order chi connectivity index (χ1) is 8.03. The second-order valence-electron chi connectivity index (χ2n) is 5.36. The van der Waals surface area contributed by atoms with Crippen LogP contribution >= 0.6 is 0 Å². The number of benzene rings is 1. The van der Waals surface area contributed by atoms with Crippen LogP contribution in [0.2, 0.25) is 0 Å². The van der Waals surface area contributed by atoms with Crippen molar-refractivity contribution < 1.29 is 9.90 Å². The Bertz CT molecular complexity index is 429. The average Bonchev–Trinajstić information content (AvgIpc) is 2.70. The molecule has 0 atom stereocenters. The van der Waals surface area contributed by atoms with Gasteiger partial charge in [-0.25, -0.2) is 0 Å². The average molecular weight is 232 g/mol. The van der Waals surface area contributed by atoms with Crippen molar-refractivity contribution in [1.29, 1.82) is 0 Å². The minimum absolute atomic E-state index is 0.107. The first-order valence-corrected chi connectivity index (χ1v) is 6.33. The van der Waals surface area contributed by atoms with E-state index in [4.69, 9.17) is 5.11 Å². The van der Waals surface area contributed by atoms with Crippen molar-refractivity contribution in [3.05, 3.63) is 34.9 Å². The molecule has 0 bridgehead atoms. The molecule has 1 aliphatic rings. The lowest BCUT2D eigenvalue weighted by Crippen LogP contribution is -2.26. The molecule has 2 rings (SSSR count). The Labute approximate surface area is 103 Å². The van der Waals surface area contributed by atoms with Crippen molar-refractivity contribution >= 4 is 5.97 Å². The van der Waals surface area contributed by atoms with Crippen molar-refractivity contribution in [1.82, 2.24) is 0 Å². The van der Waals surface area contributed by atoms with Crippen LogP contribution in [0.1, 0.15) is 48.8 Å². The van der Waals surface area contributed by atoms with Gasteiger partial charge in [0.15, 0.2) is 0 Å². The molecular formula is C15H20O2. The fourth-order valence-electron chi connectivity index (χ4n) is 2.98. The molecular weight excluding hydrogens is 212 g/mol. The maximum atomic E-state index is 11.1. The van der Waals surface area contributed by atoms with E-state index < -0.39 is 5.97 Å². The highest BCUT2D eigenvalue weighted by atomic mass is 16.4. The number of hydrogen-bond donors (Lipinski definition) is 1. The highest BCUT2D eigenvalue weighted by Crippen LogP contribution is 2.44. The van der Waals surface area contributed by atoms with Crippen molar-refractivity contribution in [2.75, 3.05) is 0 Å². The van der Waals surface area contributed by atoms with E-state index in [0.29, 0.717) is 0 Å². The quantitative estimate of drug-likeness (QED) is 0.864. The Morgan fingerprint density at radius 2 is 1.88 bits per heavy atom. The van der Waals surface area contributed by atoms with Crippen LogP contribution in [0.25, 0.3) is 0 Å². The molecule has 0 spiro atoms. The van der Waals surface area contributed by atoms with Gasteiger partial charge in [-0.05, 0) is 43.4 Å². The fourth-order valence-corrected chi connectivity index (χ4v) is 2.98. The second-order valence-corrected chi connectivity index (χ2v) is 5.36. The summed E-state index contributed by atoms with van der Waals surface area (Å²) in [6.45, 7) is 4.19. The summed E-state index contributed by atoms with van der Waals surface area (Å²) < 4.78 is 0. The van der Waals surface area contributed by atoms with Crippen LogP contribution in [-0.2, 0) is 10.2 Å². The smallest absolute Gasteiger partial charge is 0.304 e. The Hall–Kier alpha value is -1.31. The molecule has 0 aliphatic heterocycles. The summed E-state index contributed by atoms with van der Waals surface area (Å²) in [6, 6.07) is 6.42. The summed E-state index contributed by atoms with van der Waals surface area (Å²) in [5.41, 5.74) is 3.65. The van der Waals surface area contributed by atoms with E-state index in [0.717, 1.165) is 25.7 Å². The molecule has 0 heterocycles. The number of carboxylic acids is 1. The molecule has 0 saturated heterocycles. The van der Waals surface area contributed by atoms with Gasteiger partial charge >= 0.3 is 5.97 Å². The SMILES string of the molecule is Cc1ccc(C2(CC(=O)O)CCCC2)cc1C. The van der Waals surface area contributed by atoms with Crippen LogP contribution in [0.5, 0.6) is 0 Å². The minimum atomic E-state index is -0.676. The van der Waals surface area contributed by atoms with E-state index in [9.17, 15) is 4.79 Å². The Morgan fingerprint density at radius 3 is 2.41 bits per heavy atom. The number of carbonyl (C=O) groups is 1. The van der Waals surface area contributed by atoms with Gasteiger partial charge in [0.2, 0.25) is 0 Å². The summed E-state index contributed by atoms with van der Waals surface area (Å²) in [7, 11) is 0. The van der Waals surface area contributed by atoms with E-state index in [-0.39, 0.29) is 11.8 Å². The first kappa shape index (κ1) is 12.2. The normalized spacial score (nSPS) is 18.2. The van der Waals surface area contributed by atoms with Crippen LogP contribution in [-0.4, -0.2) is 11.1 Å². The Morgan fingerprint density at radius 1 is 1.24 bits per heavy atom. The molecule has 1 saturated carbocycles. The molecule has 2 nitrogen and oxygen atoms in total. The molecule has 0 unspecified atom stereocenters. The third-order valence-corrected chi connectivity index (χ3v) is 4.17. The zero-order valence-electron chi connectivity index (χ0n) is 10.6. The van der Waals surface area contributed by atoms with Crippen molar-refractivity contribution in [3.63, 3.8) is 0 Å². The van der Waals surface area contributed by atoms with E-state index in [1.165, 1.54) is 16.7 Å².